The monoisotopic (exact) mass is 211 g/mol. The van der Waals surface area contributed by atoms with E-state index in [0.29, 0.717) is 10.2 Å². The topological polar surface area (TPSA) is 12.9 Å². The first-order chi connectivity index (χ1) is 6.18. The predicted molar refractivity (Wildman–Crippen MR) is 56.5 cm³/mol. The number of fused-ring (bicyclic) bond motifs is 1. The van der Waals surface area contributed by atoms with E-state index in [-0.39, 0.29) is 0 Å². The number of nitrogens with zero attached hydrogens (tertiary/aromatic N) is 1. The smallest absolute Gasteiger partial charge is 0.131 e. The minimum absolute atomic E-state index is 0.437. The van der Waals surface area contributed by atoms with Crippen molar-refractivity contribution in [2.24, 2.45) is 0 Å². The van der Waals surface area contributed by atoms with E-state index in [1.54, 1.807) is 6.07 Å². The summed E-state index contributed by atoms with van der Waals surface area (Å²) in [5.41, 5.74) is 1.96. The summed E-state index contributed by atoms with van der Waals surface area (Å²) in [7, 11) is 0. The van der Waals surface area contributed by atoms with Gasteiger partial charge in [0.05, 0.1) is 10.5 Å². The molecule has 0 atom stereocenters. The molecular weight excluding hydrogens is 205 g/mol. The van der Waals surface area contributed by atoms with Gasteiger partial charge in [0.2, 0.25) is 0 Å². The fourth-order valence-electron chi connectivity index (χ4n) is 1.32. The number of halogens is 2. The maximum Gasteiger partial charge on any atom is 0.131 e. The van der Waals surface area contributed by atoms with Crippen LogP contribution < -0.4 is 0 Å². The summed E-state index contributed by atoms with van der Waals surface area (Å²) in [6.45, 7) is 1.99. The Morgan fingerprint density at radius 3 is 2.77 bits per heavy atom. The zero-order valence-electron chi connectivity index (χ0n) is 7.01. The summed E-state index contributed by atoms with van der Waals surface area (Å²) in [6, 6.07) is 7.54. The molecular formula is C10H7Cl2N. The van der Waals surface area contributed by atoms with Crippen LogP contribution in [0.1, 0.15) is 5.56 Å². The summed E-state index contributed by atoms with van der Waals surface area (Å²) >= 11 is 11.8. The molecule has 0 aliphatic heterocycles. The van der Waals surface area contributed by atoms with Gasteiger partial charge in [0, 0.05) is 5.39 Å². The van der Waals surface area contributed by atoms with Crippen LogP contribution in [-0.2, 0) is 0 Å². The van der Waals surface area contributed by atoms with Crippen LogP contribution >= 0.6 is 23.2 Å². The van der Waals surface area contributed by atoms with Crippen LogP contribution in [0.15, 0.2) is 24.3 Å². The van der Waals surface area contributed by atoms with Crippen molar-refractivity contribution < 1.29 is 0 Å². The predicted octanol–water partition coefficient (Wildman–Crippen LogP) is 3.85. The Bertz CT molecular complexity index is 466. The highest BCUT2D eigenvalue weighted by Gasteiger charge is 2.03. The van der Waals surface area contributed by atoms with Crippen molar-refractivity contribution >= 4 is 34.1 Å². The SMILES string of the molecule is Cc1cccc2c(Cl)cc(Cl)nc12. The van der Waals surface area contributed by atoms with Gasteiger partial charge in [0.1, 0.15) is 5.15 Å². The van der Waals surface area contributed by atoms with Crippen molar-refractivity contribution in [1.82, 2.24) is 4.98 Å². The summed E-state index contributed by atoms with van der Waals surface area (Å²) < 4.78 is 0. The number of benzene rings is 1. The van der Waals surface area contributed by atoms with Crippen molar-refractivity contribution in [1.29, 1.82) is 0 Å². The van der Waals surface area contributed by atoms with Crippen LogP contribution in [0.2, 0.25) is 10.2 Å². The molecule has 0 radical (unpaired) electrons. The minimum Gasteiger partial charge on any atom is -0.236 e. The van der Waals surface area contributed by atoms with Gasteiger partial charge in [-0.2, -0.15) is 0 Å². The first-order valence-corrected chi connectivity index (χ1v) is 4.65. The van der Waals surface area contributed by atoms with E-state index in [1.807, 2.05) is 25.1 Å². The second-order valence-electron chi connectivity index (χ2n) is 2.90. The largest absolute Gasteiger partial charge is 0.236 e. The maximum atomic E-state index is 6.01. The molecule has 0 aliphatic rings. The number of aryl methyl sites for hydroxylation is 1. The van der Waals surface area contributed by atoms with E-state index in [1.165, 1.54) is 0 Å². The van der Waals surface area contributed by atoms with Gasteiger partial charge in [-0.1, -0.05) is 41.4 Å². The lowest BCUT2D eigenvalue weighted by atomic mass is 10.1. The Morgan fingerprint density at radius 2 is 2.00 bits per heavy atom. The first kappa shape index (κ1) is 8.79. The summed E-state index contributed by atoms with van der Waals surface area (Å²) in [4.78, 5) is 4.22. The average Bonchev–Trinajstić information content (AvgIpc) is 2.07. The molecule has 0 aliphatic carbocycles. The Hall–Kier alpha value is -0.790. The Balaban J connectivity index is 2.94. The van der Waals surface area contributed by atoms with Crippen LogP contribution in [0.5, 0.6) is 0 Å². The molecule has 0 saturated heterocycles. The van der Waals surface area contributed by atoms with Crippen molar-refractivity contribution in [2.75, 3.05) is 0 Å². The first-order valence-electron chi connectivity index (χ1n) is 3.90. The fraction of sp³-hybridized carbons (Fsp3) is 0.100. The Morgan fingerprint density at radius 1 is 1.23 bits per heavy atom. The second kappa shape index (κ2) is 3.17. The highest BCUT2D eigenvalue weighted by Crippen LogP contribution is 2.26. The van der Waals surface area contributed by atoms with E-state index in [9.17, 15) is 0 Å². The van der Waals surface area contributed by atoms with Crippen LogP contribution in [0.4, 0.5) is 0 Å². The third-order valence-electron chi connectivity index (χ3n) is 1.96. The molecule has 1 aromatic carbocycles. The van der Waals surface area contributed by atoms with E-state index >= 15 is 0 Å². The molecule has 2 aromatic rings. The van der Waals surface area contributed by atoms with Crippen molar-refractivity contribution in [3.63, 3.8) is 0 Å². The zero-order chi connectivity index (χ0) is 9.42. The molecule has 1 nitrogen and oxygen atoms in total. The van der Waals surface area contributed by atoms with Gasteiger partial charge < -0.3 is 0 Å². The molecule has 0 bridgehead atoms. The number of aromatic nitrogens is 1. The third-order valence-corrected chi connectivity index (χ3v) is 2.47. The zero-order valence-corrected chi connectivity index (χ0v) is 8.52. The third kappa shape index (κ3) is 1.50. The molecule has 0 fully saturated rings. The van der Waals surface area contributed by atoms with Gasteiger partial charge in [-0.25, -0.2) is 4.98 Å². The van der Waals surface area contributed by atoms with Crippen molar-refractivity contribution in [3.05, 3.63) is 40.0 Å². The quantitative estimate of drug-likeness (QED) is 0.604. The van der Waals surface area contributed by atoms with Gasteiger partial charge in [0.15, 0.2) is 0 Å². The van der Waals surface area contributed by atoms with E-state index < -0.39 is 0 Å². The van der Waals surface area contributed by atoms with Gasteiger partial charge in [-0.3, -0.25) is 0 Å². The van der Waals surface area contributed by atoms with Gasteiger partial charge in [-0.05, 0) is 18.6 Å². The normalized spacial score (nSPS) is 10.7. The molecule has 0 unspecified atom stereocenters. The van der Waals surface area contributed by atoms with Crippen LogP contribution in [0, 0.1) is 6.92 Å². The van der Waals surface area contributed by atoms with E-state index in [0.717, 1.165) is 16.5 Å². The number of pyridine rings is 1. The molecule has 0 spiro atoms. The molecule has 13 heavy (non-hydrogen) atoms. The minimum atomic E-state index is 0.437. The summed E-state index contributed by atoms with van der Waals surface area (Å²) in [5, 5.41) is 2.04. The molecule has 0 N–H and O–H groups in total. The highest BCUT2D eigenvalue weighted by molar-refractivity contribution is 6.37. The molecule has 0 amide bonds. The maximum absolute atomic E-state index is 6.01. The molecule has 0 saturated carbocycles. The fourth-order valence-corrected chi connectivity index (χ4v) is 1.83. The van der Waals surface area contributed by atoms with Crippen molar-refractivity contribution in [3.8, 4) is 0 Å². The molecule has 1 heterocycles. The average molecular weight is 212 g/mol. The second-order valence-corrected chi connectivity index (χ2v) is 3.69. The Kier molecular flexibility index (Phi) is 2.14. The van der Waals surface area contributed by atoms with E-state index in [2.05, 4.69) is 4.98 Å². The molecule has 3 heteroatoms. The standard InChI is InChI=1S/C10H7Cl2N/c1-6-3-2-4-7-8(11)5-9(12)13-10(6)7/h2-5H,1H3. The lowest BCUT2D eigenvalue weighted by Crippen LogP contribution is -1.84. The molecule has 1 aromatic heterocycles. The van der Waals surface area contributed by atoms with Crippen molar-refractivity contribution in [2.45, 2.75) is 6.92 Å². The lowest BCUT2D eigenvalue weighted by molar-refractivity contribution is 1.37. The highest BCUT2D eigenvalue weighted by atomic mass is 35.5. The van der Waals surface area contributed by atoms with Gasteiger partial charge in [0.25, 0.3) is 0 Å². The lowest BCUT2D eigenvalue weighted by Gasteiger charge is -2.02. The Labute approximate surface area is 86.3 Å². The van der Waals surface area contributed by atoms with E-state index in [4.69, 9.17) is 23.2 Å². The number of hydrogen-bond donors (Lipinski definition) is 0. The molecule has 2 rings (SSSR count). The number of rotatable bonds is 0. The van der Waals surface area contributed by atoms with Crippen LogP contribution in [-0.4, -0.2) is 4.98 Å². The van der Waals surface area contributed by atoms with Gasteiger partial charge >= 0.3 is 0 Å². The van der Waals surface area contributed by atoms with Gasteiger partial charge in [-0.15, -0.1) is 0 Å². The van der Waals surface area contributed by atoms with Crippen LogP contribution in [0.3, 0.4) is 0 Å². The number of hydrogen-bond acceptors (Lipinski definition) is 1. The summed E-state index contributed by atoms with van der Waals surface area (Å²) in [6.07, 6.45) is 0. The van der Waals surface area contributed by atoms with Crippen LogP contribution in [0.25, 0.3) is 10.9 Å². The number of para-hydroxylation sites is 1. The molecule has 66 valence electrons. The summed E-state index contributed by atoms with van der Waals surface area (Å²) in [5.74, 6) is 0.